The molecule has 12 atom stereocenters. The van der Waals surface area contributed by atoms with Crippen LogP contribution < -0.4 is 10.6 Å². The molecule has 6 N–H and O–H groups in total. The molecule has 5 heterocycles. The number of hydrogen-bond acceptors (Lipinski definition) is 11. The zero-order valence-electron chi connectivity index (χ0n) is 28.2. The minimum absolute atomic E-state index is 0.0259. The standard InChI is InChI=1S/C33H45F2N5O6S.CH2O2/c1-16(2)11-18-9-10-45-30-19(12-18)14-36-26(30)32(44)37-25-17(3)5-4-6-24(47-33-29(43)27(41)28(42)31(25)46-33)22-15-40(39-38-22)23-8-7-20(34)13-21(23)35;2-1-3/h4-5,7-8,13,15-19,24-31,33,36,41-43H,6,9-12,14H2,1-3H3,(H,37,44);1H,(H,2,3)/b5-4-;/t17-,18+,19+,24+,25-,26+,27+,28-,29-,30-,31-,33-;/m1./s1. The molecule has 0 spiro atoms. The number of amides is 1. The van der Waals surface area contributed by atoms with Gasteiger partial charge in [0.25, 0.3) is 6.47 Å². The van der Waals surface area contributed by atoms with Gasteiger partial charge in [0.1, 0.15) is 47.4 Å². The van der Waals surface area contributed by atoms with E-state index in [-0.39, 0.29) is 36.0 Å². The van der Waals surface area contributed by atoms with Gasteiger partial charge in [-0.2, -0.15) is 0 Å². The number of carbonyl (C=O) groups is 2. The topological polar surface area (TPSA) is 188 Å². The van der Waals surface area contributed by atoms with Crippen LogP contribution in [0.5, 0.6) is 0 Å². The lowest BCUT2D eigenvalue weighted by molar-refractivity contribution is -0.207. The van der Waals surface area contributed by atoms with Gasteiger partial charge in [-0.15, -0.1) is 16.9 Å². The molecule has 0 aliphatic carbocycles. The van der Waals surface area contributed by atoms with Crippen molar-refractivity contribution in [2.24, 2.45) is 23.7 Å². The quantitative estimate of drug-likeness (QED) is 0.189. The average Bonchev–Trinajstić information content (AvgIpc) is 3.66. The molecule has 16 heteroatoms. The number of aliphatic hydroxyl groups excluding tert-OH is 3. The van der Waals surface area contributed by atoms with Crippen molar-refractivity contribution in [1.82, 2.24) is 25.6 Å². The summed E-state index contributed by atoms with van der Waals surface area (Å²) in [4.78, 5) is 22.2. The molecule has 1 aromatic carbocycles. The molecule has 3 saturated heterocycles. The Labute approximate surface area is 293 Å². The van der Waals surface area contributed by atoms with E-state index in [9.17, 15) is 28.9 Å². The lowest BCUT2D eigenvalue weighted by atomic mass is 9.85. The number of benzene rings is 1. The van der Waals surface area contributed by atoms with E-state index >= 15 is 0 Å². The average molecular weight is 724 g/mol. The van der Waals surface area contributed by atoms with Crippen molar-refractivity contribution >= 4 is 24.1 Å². The highest BCUT2D eigenvalue weighted by atomic mass is 32.2. The van der Waals surface area contributed by atoms with Crippen LogP contribution in [0.25, 0.3) is 5.69 Å². The molecule has 0 saturated carbocycles. The monoisotopic (exact) mass is 723 g/mol. The van der Waals surface area contributed by atoms with Crippen LogP contribution in [0.3, 0.4) is 0 Å². The molecule has 2 bridgehead atoms. The summed E-state index contributed by atoms with van der Waals surface area (Å²) in [5.41, 5.74) is -0.514. The van der Waals surface area contributed by atoms with Crippen molar-refractivity contribution in [3.05, 3.63) is 53.9 Å². The smallest absolute Gasteiger partial charge is 0.290 e. The fourth-order valence-corrected chi connectivity index (χ4v) is 8.78. The second-order valence-electron chi connectivity index (χ2n) is 13.9. The molecule has 0 unspecified atom stereocenters. The number of rotatable bonds is 6. The first-order valence-corrected chi connectivity index (χ1v) is 18.0. The van der Waals surface area contributed by atoms with E-state index in [4.69, 9.17) is 19.4 Å². The van der Waals surface area contributed by atoms with Crippen LogP contribution in [-0.4, -0.2) is 109 Å². The van der Waals surface area contributed by atoms with Crippen LogP contribution in [0.2, 0.25) is 0 Å². The van der Waals surface area contributed by atoms with E-state index in [1.165, 1.54) is 28.7 Å². The Morgan fingerprint density at radius 2 is 1.96 bits per heavy atom. The van der Waals surface area contributed by atoms with Gasteiger partial charge in [-0.3, -0.25) is 9.59 Å². The fraction of sp³-hybridized carbons (Fsp3) is 0.647. The summed E-state index contributed by atoms with van der Waals surface area (Å²) in [5, 5.41) is 54.3. The Morgan fingerprint density at radius 3 is 2.68 bits per heavy atom. The van der Waals surface area contributed by atoms with E-state index in [1.807, 2.05) is 19.1 Å². The van der Waals surface area contributed by atoms with Gasteiger partial charge in [-0.1, -0.05) is 38.1 Å². The minimum Gasteiger partial charge on any atom is -0.483 e. The molecule has 1 amide bonds. The Balaban J connectivity index is 0.00000156. The van der Waals surface area contributed by atoms with Gasteiger partial charge in [-0.05, 0) is 61.5 Å². The van der Waals surface area contributed by atoms with Crippen LogP contribution in [-0.2, 0) is 19.1 Å². The molecule has 50 heavy (non-hydrogen) atoms. The van der Waals surface area contributed by atoms with Gasteiger partial charge in [0, 0.05) is 19.2 Å². The SMILES string of the molecule is CC(C)C[C@@H]1CCO[C@@H]2[C@H](CN[C@@H]2C(=O)N[C@H]2[C@H]3O[C@H](S[C@H](c4cn(-c5ccc(F)cc5F)nn4)C/C=C\[C@H]2C)[C@H](O)[C@@H](O)[C@H]3O)C1.O=CO. The van der Waals surface area contributed by atoms with E-state index in [2.05, 4.69) is 34.8 Å². The minimum atomic E-state index is -1.54. The first-order chi connectivity index (χ1) is 23.9. The second-order valence-corrected chi connectivity index (χ2v) is 15.2. The number of ether oxygens (including phenoxy) is 2. The van der Waals surface area contributed by atoms with Gasteiger partial charge < -0.3 is 40.5 Å². The van der Waals surface area contributed by atoms with Crippen molar-refractivity contribution in [3.63, 3.8) is 0 Å². The highest BCUT2D eigenvalue weighted by molar-refractivity contribution is 8.00. The maximum absolute atomic E-state index is 14.4. The van der Waals surface area contributed by atoms with Crippen molar-refractivity contribution in [3.8, 4) is 5.69 Å². The molecule has 0 radical (unpaired) electrons. The van der Waals surface area contributed by atoms with Crippen LogP contribution in [0, 0.1) is 35.3 Å². The Morgan fingerprint density at radius 1 is 1.20 bits per heavy atom. The molecule has 4 aliphatic rings. The van der Waals surface area contributed by atoms with Crippen molar-refractivity contribution in [2.75, 3.05) is 13.2 Å². The summed E-state index contributed by atoms with van der Waals surface area (Å²) in [6.45, 7) is 7.39. The van der Waals surface area contributed by atoms with Crippen molar-refractivity contribution in [2.45, 2.75) is 99.7 Å². The zero-order valence-corrected chi connectivity index (χ0v) is 29.0. The third-order valence-corrected chi connectivity index (χ3v) is 11.3. The van der Waals surface area contributed by atoms with Crippen LogP contribution in [0.4, 0.5) is 8.78 Å². The van der Waals surface area contributed by atoms with Crippen LogP contribution in [0.15, 0.2) is 36.5 Å². The Bertz CT molecular complexity index is 1480. The highest BCUT2D eigenvalue weighted by Gasteiger charge is 2.50. The summed E-state index contributed by atoms with van der Waals surface area (Å²) >= 11 is 1.19. The second kappa shape index (κ2) is 17.0. The zero-order chi connectivity index (χ0) is 36.1. The van der Waals surface area contributed by atoms with E-state index in [1.54, 1.807) is 0 Å². The maximum Gasteiger partial charge on any atom is 0.290 e. The number of halogens is 2. The third-order valence-electron chi connectivity index (χ3n) is 9.87. The molecular weight excluding hydrogens is 676 g/mol. The van der Waals surface area contributed by atoms with Gasteiger partial charge in [-0.25, -0.2) is 13.5 Å². The Hall–Kier alpha value is -2.99. The predicted molar refractivity (Wildman–Crippen MR) is 179 cm³/mol. The molecule has 4 aliphatic heterocycles. The summed E-state index contributed by atoms with van der Waals surface area (Å²) < 4.78 is 41.7. The molecule has 2 aromatic rings. The molecule has 1 aromatic heterocycles. The number of nitrogens with zero attached hydrogens (tertiary/aromatic N) is 3. The number of aliphatic hydroxyl groups is 3. The summed E-state index contributed by atoms with van der Waals surface area (Å²) in [7, 11) is 0. The lowest BCUT2D eigenvalue weighted by Gasteiger charge is -2.45. The fourth-order valence-electron chi connectivity index (χ4n) is 7.48. The van der Waals surface area contributed by atoms with Crippen LogP contribution in [0.1, 0.15) is 57.4 Å². The van der Waals surface area contributed by atoms with Crippen molar-refractivity contribution in [1.29, 1.82) is 0 Å². The molecule has 13 nitrogen and oxygen atoms in total. The number of allylic oxidation sites excluding steroid dienone is 1. The molecule has 276 valence electrons. The van der Waals surface area contributed by atoms with E-state index < -0.39 is 58.8 Å². The van der Waals surface area contributed by atoms with Crippen LogP contribution >= 0.6 is 11.8 Å². The predicted octanol–water partition coefficient (Wildman–Crippen LogP) is 2.34. The van der Waals surface area contributed by atoms with Gasteiger partial charge in [0.2, 0.25) is 5.91 Å². The van der Waals surface area contributed by atoms with E-state index in [0.29, 0.717) is 37.1 Å². The summed E-state index contributed by atoms with van der Waals surface area (Å²) in [5.74, 6) is -0.719. The first kappa shape index (κ1) is 38.2. The Kier molecular flexibility index (Phi) is 13.0. The normalized spacial score (nSPS) is 36.3. The van der Waals surface area contributed by atoms with Gasteiger partial charge >= 0.3 is 0 Å². The van der Waals surface area contributed by atoms with E-state index in [0.717, 1.165) is 31.4 Å². The first-order valence-electron chi connectivity index (χ1n) is 17.0. The van der Waals surface area contributed by atoms with Gasteiger partial charge in [0.15, 0.2) is 5.82 Å². The number of fused-ring (bicyclic) bond motifs is 3. The van der Waals surface area contributed by atoms with Gasteiger partial charge in [0.05, 0.1) is 29.3 Å². The largest absolute Gasteiger partial charge is 0.483 e. The lowest BCUT2D eigenvalue weighted by Crippen LogP contribution is -2.65. The third kappa shape index (κ3) is 8.72. The number of hydrogen-bond donors (Lipinski definition) is 6. The summed E-state index contributed by atoms with van der Waals surface area (Å²) in [6.07, 6.45) is 3.15. The summed E-state index contributed by atoms with van der Waals surface area (Å²) in [6, 6.07) is 1.87. The van der Waals surface area contributed by atoms with Crippen molar-refractivity contribution < 1.29 is 48.3 Å². The highest BCUT2D eigenvalue weighted by Crippen LogP contribution is 2.42. The number of thioether (sulfide) groups is 1. The molecule has 3 fully saturated rings. The number of aromatic nitrogens is 3. The number of nitrogens with one attached hydrogen (secondary N) is 2. The molecular formula is C34H47F2N5O8S. The number of carbonyl (C=O) groups excluding carboxylic acids is 1. The molecule has 6 rings (SSSR count). The maximum atomic E-state index is 14.4. The number of carboxylic acid groups (broad SMARTS) is 1.